The van der Waals surface area contributed by atoms with Crippen molar-refractivity contribution < 1.29 is 4.74 Å². The zero-order valence-corrected chi connectivity index (χ0v) is 12.0. The van der Waals surface area contributed by atoms with Gasteiger partial charge in [-0.15, -0.1) is 0 Å². The normalized spacial score (nSPS) is 39.7. The van der Waals surface area contributed by atoms with E-state index >= 15 is 0 Å². The van der Waals surface area contributed by atoms with E-state index in [0.29, 0.717) is 23.6 Å². The first-order valence-corrected chi connectivity index (χ1v) is 6.87. The molecule has 0 bridgehead atoms. The van der Waals surface area contributed by atoms with Gasteiger partial charge in [-0.05, 0) is 24.8 Å². The summed E-state index contributed by atoms with van der Waals surface area (Å²) < 4.78 is 5.52. The highest BCUT2D eigenvalue weighted by atomic mass is 16.5. The van der Waals surface area contributed by atoms with E-state index in [2.05, 4.69) is 38.3 Å². The predicted octanol–water partition coefficient (Wildman–Crippen LogP) is 1.78. The molecule has 3 heteroatoms. The molecule has 1 heterocycles. The molecule has 2 N–H and O–H groups in total. The standard InChI is InChI=1S/C14H28N2O/c1-13(2)9-15-7-6-10(13)16-11-8-12(17-5)14(11,3)4/h10-12,15-16H,6-9H2,1-5H3. The van der Waals surface area contributed by atoms with Crippen LogP contribution in [-0.4, -0.2) is 38.4 Å². The van der Waals surface area contributed by atoms with Crippen LogP contribution >= 0.6 is 0 Å². The average Bonchev–Trinajstić information content (AvgIpc) is 2.25. The fraction of sp³-hybridized carbons (Fsp3) is 1.00. The van der Waals surface area contributed by atoms with Gasteiger partial charge in [0.25, 0.3) is 0 Å². The highest BCUT2D eigenvalue weighted by Crippen LogP contribution is 2.43. The molecule has 2 fully saturated rings. The first-order chi connectivity index (χ1) is 7.88. The molecule has 0 radical (unpaired) electrons. The largest absolute Gasteiger partial charge is 0.381 e. The number of methoxy groups -OCH3 is 1. The molecule has 1 aliphatic heterocycles. The summed E-state index contributed by atoms with van der Waals surface area (Å²) >= 11 is 0. The van der Waals surface area contributed by atoms with E-state index in [1.807, 2.05) is 7.11 Å². The number of hydrogen-bond donors (Lipinski definition) is 2. The molecule has 0 aromatic carbocycles. The van der Waals surface area contributed by atoms with Crippen molar-refractivity contribution in [2.75, 3.05) is 20.2 Å². The molecule has 0 amide bonds. The third-order valence-corrected chi connectivity index (χ3v) is 5.00. The van der Waals surface area contributed by atoms with E-state index in [9.17, 15) is 0 Å². The lowest BCUT2D eigenvalue weighted by Gasteiger charge is -2.54. The zero-order valence-electron chi connectivity index (χ0n) is 12.0. The second kappa shape index (κ2) is 4.52. The highest BCUT2D eigenvalue weighted by molar-refractivity contribution is 5.05. The summed E-state index contributed by atoms with van der Waals surface area (Å²) in [7, 11) is 1.83. The smallest absolute Gasteiger partial charge is 0.0652 e. The fourth-order valence-electron chi connectivity index (χ4n) is 3.29. The van der Waals surface area contributed by atoms with Gasteiger partial charge in [-0.2, -0.15) is 0 Å². The van der Waals surface area contributed by atoms with Crippen LogP contribution in [-0.2, 0) is 4.74 Å². The lowest BCUT2D eigenvalue weighted by atomic mass is 9.63. The zero-order chi connectivity index (χ0) is 12.7. The maximum Gasteiger partial charge on any atom is 0.0652 e. The Morgan fingerprint density at radius 2 is 1.88 bits per heavy atom. The monoisotopic (exact) mass is 240 g/mol. The quantitative estimate of drug-likeness (QED) is 0.789. The summed E-state index contributed by atoms with van der Waals surface area (Å²) in [6, 6.07) is 1.24. The molecule has 1 saturated carbocycles. The Labute approximate surface area is 106 Å². The summed E-state index contributed by atoms with van der Waals surface area (Å²) in [4.78, 5) is 0. The van der Waals surface area contributed by atoms with Crippen LogP contribution in [0.15, 0.2) is 0 Å². The van der Waals surface area contributed by atoms with Crippen LogP contribution in [0.25, 0.3) is 0 Å². The molecule has 0 aromatic rings. The van der Waals surface area contributed by atoms with Crippen molar-refractivity contribution >= 4 is 0 Å². The SMILES string of the molecule is COC1CC(NC2CCNCC2(C)C)C1(C)C. The molecular formula is C14H28N2O. The number of nitrogens with one attached hydrogen (secondary N) is 2. The van der Waals surface area contributed by atoms with Crippen LogP contribution in [0.4, 0.5) is 0 Å². The van der Waals surface area contributed by atoms with E-state index in [1.54, 1.807) is 0 Å². The number of piperidine rings is 1. The Bertz CT molecular complexity index is 275. The Balaban J connectivity index is 1.94. The van der Waals surface area contributed by atoms with E-state index in [0.717, 1.165) is 19.5 Å². The van der Waals surface area contributed by atoms with Crippen LogP contribution in [0.3, 0.4) is 0 Å². The first-order valence-electron chi connectivity index (χ1n) is 6.87. The number of hydrogen-bond acceptors (Lipinski definition) is 3. The Kier molecular flexibility index (Phi) is 3.54. The summed E-state index contributed by atoms with van der Waals surface area (Å²) in [5.41, 5.74) is 0.627. The van der Waals surface area contributed by atoms with Crippen LogP contribution in [0.1, 0.15) is 40.5 Å². The van der Waals surface area contributed by atoms with Crippen molar-refractivity contribution in [1.82, 2.24) is 10.6 Å². The van der Waals surface area contributed by atoms with Gasteiger partial charge in [0, 0.05) is 31.2 Å². The minimum Gasteiger partial charge on any atom is -0.381 e. The van der Waals surface area contributed by atoms with Crippen molar-refractivity contribution in [3.63, 3.8) is 0 Å². The van der Waals surface area contributed by atoms with E-state index < -0.39 is 0 Å². The molecule has 1 saturated heterocycles. The first kappa shape index (κ1) is 13.3. The molecular weight excluding hydrogens is 212 g/mol. The minimum absolute atomic E-state index is 0.274. The third-order valence-electron chi connectivity index (χ3n) is 5.00. The maximum absolute atomic E-state index is 5.52. The van der Waals surface area contributed by atoms with Gasteiger partial charge < -0.3 is 15.4 Å². The molecule has 17 heavy (non-hydrogen) atoms. The van der Waals surface area contributed by atoms with Crippen molar-refractivity contribution in [1.29, 1.82) is 0 Å². The highest BCUT2D eigenvalue weighted by Gasteiger charge is 2.50. The second-order valence-corrected chi connectivity index (χ2v) is 7.01. The molecule has 1 aliphatic carbocycles. The van der Waals surface area contributed by atoms with Crippen LogP contribution < -0.4 is 10.6 Å². The van der Waals surface area contributed by atoms with Gasteiger partial charge in [-0.25, -0.2) is 0 Å². The second-order valence-electron chi connectivity index (χ2n) is 7.01. The molecule has 3 atom stereocenters. The predicted molar refractivity (Wildman–Crippen MR) is 71.2 cm³/mol. The molecule has 3 unspecified atom stereocenters. The van der Waals surface area contributed by atoms with Gasteiger partial charge in [-0.1, -0.05) is 27.7 Å². The van der Waals surface area contributed by atoms with Crippen LogP contribution in [0, 0.1) is 10.8 Å². The summed E-state index contributed by atoms with van der Waals surface area (Å²) in [5.74, 6) is 0. The molecule has 2 rings (SSSR count). The molecule has 0 aromatic heterocycles. The third kappa shape index (κ3) is 2.38. The molecule has 100 valence electrons. The Morgan fingerprint density at radius 3 is 2.41 bits per heavy atom. The van der Waals surface area contributed by atoms with Crippen molar-refractivity contribution in [3.8, 4) is 0 Å². The van der Waals surface area contributed by atoms with Gasteiger partial charge >= 0.3 is 0 Å². The van der Waals surface area contributed by atoms with Gasteiger partial charge in [0.1, 0.15) is 0 Å². The lowest BCUT2D eigenvalue weighted by molar-refractivity contribution is -0.105. The Morgan fingerprint density at radius 1 is 1.18 bits per heavy atom. The minimum atomic E-state index is 0.274. The average molecular weight is 240 g/mol. The summed E-state index contributed by atoms with van der Waals surface area (Å²) in [6.07, 6.45) is 2.81. The fourth-order valence-corrected chi connectivity index (χ4v) is 3.29. The van der Waals surface area contributed by atoms with E-state index in [1.165, 1.54) is 6.42 Å². The lowest BCUT2D eigenvalue weighted by Crippen LogP contribution is -2.66. The van der Waals surface area contributed by atoms with Crippen LogP contribution in [0.2, 0.25) is 0 Å². The summed E-state index contributed by atoms with van der Waals surface area (Å²) in [5, 5.41) is 7.37. The number of ether oxygens (including phenoxy) is 1. The van der Waals surface area contributed by atoms with Crippen molar-refractivity contribution in [2.45, 2.75) is 58.7 Å². The maximum atomic E-state index is 5.52. The molecule has 2 aliphatic rings. The molecule has 3 nitrogen and oxygen atoms in total. The summed E-state index contributed by atoms with van der Waals surface area (Å²) in [6.45, 7) is 11.6. The van der Waals surface area contributed by atoms with E-state index in [-0.39, 0.29) is 5.41 Å². The van der Waals surface area contributed by atoms with E-state index in [4.69, 9.17) is 4.74 Å². The van der Waals surface area contributed by atoms with Gasteiger partial charge in [-0.3, -0.25) is 0 Å². The van der Waals surface area contributed by atoms with Crippen LogP contribution in [0.5, 0.6) is 0 Å². The van der Waals surface area contributed by atoms with Gasteiger partial charge in [0.05, 0.1) is 6.10 Å². The Hall–Kier alpha value is -0.120. The van der Waals surface area contributed by atoms with Gasteiger partial charge in [0.2, 0.25) is 0 Å². The molecule has 0 spiro atoms. The topological polar surface area (TPSA) is 33.3 Å². The van der Waals surface area contributed by atoms with Crippen molar-refractivity contribution in [3.05, 3.63) is 0 Å². The van der Waals surface area contributed by atoms with Crippen molar-refractivity contribution in [2.24, 2.45) is 10.8 Å². The van der Waals surface area contributed by atoms with Gasteiger partial charge in [0.15, 0.2) is 0 Å². The number of rotatable bonds is 3.